The van der Waals surface area contributed by atoms with Crippen LogP contribution in [0.3, 0.4) is 0 Å². The van der Waals surface area contributed by atoms with Crippen molar-refractivity contribution in [1.29, 1.82) is 0 Å². The van der Waals surface area contributed by atoms with Crippen LogP contribution in [0.1, 0.15) is 60.5 Å². The molecule has 0 spiro atoms. The lowest BCUT2D eigenvalue weighted by atomic mass is 9.99. The van der Waals surface area contributed by atoms with Crippen molar-refractivity contribution in [2.45, 2.75) is 50.5 Å². The number of likely N-dealkylation sites (tertiary alicyclic amines) is 1. The fourth-order valence-corrected chi connectivity index (χ4v) is 3.49. The maximum absolute atomic E-state index is 11.6. The topological polar surface area (TPSA) is 101 Å². The van der Waals surface area contributed by atoms with Gasteiger partial charge in [0.1, 0.15) is 0 Å². The quantitative estimate of drug-likeness (QED) is 0.851. The second-order valence-corrected chi connectivity index (χ2v) is 6.42. The number of hydrogen-bond acceptors (Lipinski definition) is 5. The average molecular weight is 317 g/mol. The van der Waals surface area contributed by atoms with Crippen LogP contribution in [0.5, 0.6) is 0 Å². The molecular weight excluding hydrogens is 294 g/mol. The summed E-state index contributed by atoms with van der Waals surface area (Å²) >= 11 is 0. The number of carbonyl (C=O) groups excluding carboxylic acids is 2. The van der Waals surface area contributed by atoms with Gasteiger partial charge in [0.2, 0.25) is 11.9 Å². The first-order valence-corrected chi connectivity index (χ1v) is 8.22. The minimum Gasteiger partial charge on any atom is -0.365 e. The number of hydrogen-bond donors (Lipinski definition) is 2. The molecule has 124 valence electrons. The van der Waals surface area contributed by atoms with Crippen molar-refractivity contribution in [3.63, 3.8) is 0 Å². The van der Waals surface area contributed by atoms with E-state index in [2.05, 4.69) is 15.3 Å². The number of likely N-dealkylation sites (N-methyl/N-ethyl adjacent to an activating group) is 1. The third-order valence-electron chi connectivity index (χ3n) is 4.95. The number of rotatable bonds is 5. The monoisotopic (exact) mass is 317 g/mol. The van der Waals surface area contributed by atoms with E-state index in [-0.39, 0.29) is 17.9 Å². The lowest BCUT2D eigenvalue weighted by Crippen LogP contribution is -2.34. The van der Waals surface area contributed by atoms with Crippen molar-refractivity contribution in [2.75, 3.05) is 18.9 Å². The first-order valence-electron chi connectivity index (χ1n) is 8.22. The van der Waals surface area contributed by atoms with Gasteiger partial charge in [-0.3, -0.25) is 9.59 Å². The Bertz CT molecular complexity index is 612. The maximum atomic E-state index is 11.6. The standard InChI is InChI=1S/C16H23N5O2/c1-21-11(6-7-13(21)22)8-18-16-19-9-12(15(17)23)14(20-16)10-4-2-3-5-10/h9-11H,2-8H2,1H3,(H2,17,23)(H,18,19,20)/t11-/m1/s1. The Balaban J connectivity index is 1.73. The molecule has 1 atom stereocenters. The van der Waals surface area contributed by atoms with Gasteiger partial charge in [0.05, 0.1) is 11.3 Å². The van der Waals surface area contributed by atoms with Gasteiger partial charge < -0.3 is 16.0 Å². The SMILES string of the molecule is CN1C(=O)CC[C@@H]1CNc1ncc(C(N)=O)c(C2CCCC2)n1. The Morgan fingerprint density at radius 3 is 2.74 bits per heavy atom. The number of nitrogens with two attached hydrogens (primary N) is 1. The van der Waals surface area contributed by atoms with Crippen LogP contribution < -0.4 is 11.1 Å². The summed E-state index contributed by atoms with van der Waals surface area (Å²) in [4.78, 5) is 33.7. The van der Waals surface area contributed by atoms with Gasteiger partial charge in [0.25, 0.3) is 5.91 Å². The molecule has 23 heavy (non-hydrogen) atoms. The van der Waals surface area contributed by atoms with E-state index in [1.807, 2.05) is 7.05 Å². The summed E-state index contributed by atoms with van der Waals surface area (Å²) in [7, 11) is 1.82. The third-order valence-corrected chi connectivity index (χ3v) is 4.95. The molecule has 0 bridgehead atoms. The third kappa shape index (κ3) is 3.28. The highest BCUT2D eigenvalue weighted by Gasteiger charge is 2.28. The first kappa shape index (κ1) is 15.7. The summed E-state index contributed by atoms with van der Waals surface area (Å²) in [5.74, 6) is 0.495. The summed E-state index contributed by atoms with van der Waals surface area (Å²) in [6.45, 7) is 0.613. The molecule has 1 aliphatic heterocycles. The van der Waals surface area contributed by atoms with E-state index in [0.29, 0.717) is 24.5 Å². The van der Waals surface area contributed by atoms with E-state index in [1.54, 1.807) is 4.90 Å². The predicted molar refractivity (Wildman–Crippen MR) is 86.0 cm³/mol. The Labute approximate surface area is 135 Å². The van der Waals surface area contributed by atoms with E-state index in [0.717, 1.165) is 37.8 Å². The summed E-state index contributed by atoms with van der Waals surface area (Å²) in [6, 6.07) is 0.164. The van der Waals surface area contributed by atoms with Crippen molar-refractivity contribution in [3.8, 4) is 0 Å². The molecule has 1 aliphatic carbocycles. The maximum Gasteiger partial charge on any atom is 0.252 e. The molecule has 1 aromatic rings. The van der Waals surface area contributed by atoms with Crippen molar-refractivity contribution >= 4 is 17.8 Å². The van der Waals surface area contributed by atoms with E-state index < -0.39 is 5.91 Å². The highest BCUT2D eigenvalue weighted by molar-refractivity contribution is 5.93. The molecule has 7 heteroatoms. The molecule has 3 rings (SSSR count). The summed E-state index contributed by atoms with van der Waals surface area (Å²) in [5.41, 5.74) is 6.65. The molecule has 7 nitrogen and oxygen atoms in total. The molecule has 1 saturated heterocycles. The van der Waals surface area contributed by atoms with Crippen molar-refractivity contribution < 1.29 is 9.59 Å². The highest BCUT2D eigenvalue weighted by atomic mass is 16.2. The number of anilines is 1. The van der Waals surface area contributed by atoms with Crippen LogP contribution in [0.4, 0.5) is 5.95 Å². The number of nitrogens with zero attached hydrogens (tertiary/aromatic N) is 3. The zero-order chi connectivity index (χ0) is 16.4. The van der Waals surface area contributed by atoms with Gasteiger partial charge in [-0.25, -0.2) is 9.97 Å². The van der Waals surface area contributed by atoms with E-state index in [9.17, 15) is 9.59 Å². The van der Waals surface area contributed by atoms with Crippen molar-refractivity contribution in [2.24, 2.45) is 5.73 Å². The van der Waals surface area contributed by atoms with Gasteiger partial charge in [-0.15, -0.1) is 0 Å². The van der Waals surface area contributed by atoms with Crippen LogP contribution in [-0.2, 0) is 4.79 Å². The van der Waals surface area contributed by atoms with Gasteiger partial charge in [0, 0.05) is 38.2 Å². The Morgan fingerprint density at radius 2 is 2.13 bits per heavy atom. The average Bonchev–Trinajstić information content (AvgIpc) is 3.17. The number of primary amides is 1. The largest absolute Gasteiger partial charge is 0.365 e. The molecule has 0 aromatic carbocycles. The minimum absolute atomic E-state index is 0.164. The van der Waals surface area contributed by atoms with Gasteiger partial charge in [0.15, 0.2) is 0 Å². The number of nitrogens with one attached hydrogen (secondary N) is 1. The fraction of sp³-hybridized carbons (Fsp3) is 0.625. The lowest BCUT2D eigenvalue weighted by molar-refractivity contribution is -0.127. The van der Waals surface area contributed by atoms with Crippen LogP contribution in [0.15, 0.2) is 6.20 Å². The summed E-state index contributed by atoms with van der Waals surface area (Å²) in [5, 5.41) is 3.20. The highest BCUT2D eigenvalue weighted by Crippen LogP contribution is 2.34. The van der Waals surface area contributed by atoms with E-state index in [4.69, 9.17) is 5.73 Å². The number of carbonyl (C=O) groups is 2. The zero-order valence-electron chi connectivity index (χ0n) is 13.4. The summed E-state index contributed by atoms with van der Waals surface area (Å²) < 4.78 is 0. The van der Waals surface area contributed by atoms with Crippen LogP contribution >= 0.6 is 0 Å². The number of amides is 2. The van der Waals surface area contributed by atoms with Crippen LogP contribution in [0.2, 0.25) is 0 Å². The van der Waals surface area contributed by atoms with Crippen molar-refractivity contribution in [1.82, 2.24) is 14.9 Å². The Hall–Kier alpha value is -2.18. The Morgan fingerprint density at radius 1 is 1.39 bits per heavy atom. The van der Waals surface area contributed by atoms with Crippen molar-refractivity contribution in [3.05, 3.63) is 17.5 Å². The molecule has 1 saturated carbocycles. The van der Waals surface area contributed by atoms with Crippen LogP contribution in [-0.4, -0.2) is 46.3 Å². The van der Waals surface area contributed by atoms with E-state index in [1.165, 1.54) is 6.20 Å². The smallest absolute Gasteiger partial charge is 0.252 e. The second kappa shape index (κ2) is 6.52. The normalized spacial score (nSPS) is 21.9. The molecule has 2 amide bonds. The van der Waals surface area contributed by atoms with Gasteiger partial charge in [-0.2, -0.15) is 0 Å². The molecule has 2 fully saturated rings. The van der Waals surface area contributed by atoms with Crippen LogP contribution in [0, 0.1) is 0 Å². The lowest BCUT2D eigenvalue weighted by Gasteiger charge is -2.20. The molecule has 2 aliphatic rings. The molecule has 2 heterocycles. The first-order chi connectivity index (χ1) is 11.1. The van der Waals surface area contributed by atoms with Crippen LogP contribution in [0.25, 0.3) is 0 Å². The second-order valence-electron chi connectivity index (χ2n) is 6.42. The minimum atomic E-state index is -0.473. The molecular formula is C16H23N5O2. The fourth-order valence-electron chi connectivity index (χ4n) is 3.49. The Kier molecular flexibility index (Phi) is 4.45. The molecule has 0 radical (unpaired) electrons. The summed E-state index contributed by atoms with van der Waals surface area (Å²) in [6.07, 6.45) is 7.35. The molecule has 3 N–H and O–H groups in total. The van der Waals surface area contributed by atoms with Gasteiger partial charge in [-0.05, 0) is 19.3 Å². The van der Waals surface area contributed by atoms with Gasteiger partial charge >= 0.3 is 0 Å². The van der Waals surface area contributed by atoms with Gasteiger partial charge in [-0.1, -0.05) is 12.8 Å². The zero-order valence-corrected chi connectivity index (χ0v) is 13.4. The molecule has 0 unspecified atom stereocenters. The van der Waals surface area contributed by atoms with E-state index >= 15 is 0 Å². The number of aromatic nitrogens is 2. The predicted octanol–water partition coefficient (Wildman–Crippen LogP) is 1.27. The molecule has 1 aromatic heterocycles.